The van der Waals surface area contributed by atoms with Crippen LogP contribution in [0.2, 0.25) is 0 Å². The van der Waals surface area contributed by atoms with Crippen LogP contribution in [0, 0.1) is 26.8 Å². The van der Waals surface area contributed by atoms with Crippen molar-refractivity contribution in [2.45, 2.75) is 152 Å². The molecule has 0 atom stereocenters. The first-order valence-corrected chi connectivity index (χ1v) is 22.7. The maximum absolute atomic E-state index is 11.5. The van der Waals surface area contributed by atoms with Crippen molar-refractivity contribution >= 4 is 11.0 Å². The molecule has 5 heteroatoms. The van der Waals surface area contributed by atoms with Gasteiger partial charge in [0.15, 0.2) is 0 Å². The Morgan fingerprint density at radius 2 is 1.12 bits per heavy atom. The van der Waals surface area contributed by atoms with E-state index in [2.05, 4.69) is 196 Å². The summed E-state index contributed by atoms with van der Waals surface area (Å²) in [5.74, 6) is 0.901. The van der Waals surface area contributed by atoms with E-state index in [1.54, 1.807) is 6.07 Å². The van der Waals surface area contributed by atoms with Gasteiger partial charge in [0.25, 0.3) is 0 Å². The summed E-state index contributed by atoms with van der Waals surface area (Å²) in [6.45, 7) is 41.0. The van der Waals surface area contributed by atoms with Crippen LogP contribution in [0.3, 0.4) is 0 Å². The molecule has 7 aromatic rings. The van der Waals surface area contributed by atoms with Gasteiger partial charge in [-0.05, 0) is 111 Å². The minimum atomic E-state index is -0.254. The molecular weight excluding hydrogens is 962 g/mol. The number of aryl methyl sites for hydroxylation is 3. The van der Waals surface area contributed by atoms with Crippen LogP contribution in [0.15, 0.2) is 91.1 Å². The Morgan fingerprint density at radius 1 is 0.562 bits per heavy atom. The zero-order valence-electron chi connectivity index (χ0n) is 41.8. The molecule has 5 aromatic carbocycles. The monoisotopic (exact) mass is 1030 g/mol. The fourth-order valence-corrected chi connectivity index (χ4v) is 9.11. The van der Waals surface area contributed by atoms with Crippen molar-refractivity contribution < 1.29 is 26.2 Å². The molecule has 0 aliphatic heterocycles. The molecule has 0 spiro atoms. The summed E-state index contributed by atoms with van der Waals surface area (Å²) in [6, 6.07) is 34.7. The third-order valence-corrected chi connectivity index (χ3v) is 12.6. The van der Waals surface area contributed by atoms with Crippen molar-refractivity contribution in [3.05, 3.63) is 142 Å². The van der Waals surface area contributed by atoms with Gasteiger partial charge in [0, 0.05) is 33.0 Å². The van der Waals surface area contributed by atoms with Crippen LogP contribution in [-0.2, 0) is 48.1 Å². The summed E-state index contributed by atoms with van der Waals surface area (Å²) in [6.07, 6.45) is 1.96. The Kier molecular flexibility index (Phi) is 12.8. The molecule has 0 amide bonds. The number of fused-ring (bicyclic) bond motifs is 1. The fraction of sp³-hybridized carbons (Fsp3) is 0.390. The van der Waals surface area contributed by atoms with Gasteiger partial charge in [0.05, 0.1) is 22.3 Å². The Balaban J connectivity index is 0.00000680. The van der Waals surface area contributed by atoms with Crippen molar-refractivity contribution in [1.82, 2.24) is 14.5 Å². The number of aromatic hydroxyl groups is 1. The molecule has 338 valence electrons. The molecule has 0 aliphatic carbocycles. The van der Waals surface area contributed by atoms with Crippen molar-refractivity contribution in [2.75, 3.05) is 0 Å². The molecule has 4 nitrogen and oxygen atoms in total. The molecule has 2 aromatic heterocycles. The molecule has 0 fully saturated rings. The molecule has 0 saturated heterocycles. The molecule has 2 heterocycles. The second-order valence-corrected chi connectivity index (χ2v) is 23.3. The maximum Gasteiger partial charge on any atom is 0.148 e. The van der Waals surface area contributed by atoms with E-state index in [4.69, 9.17) is 9.97 Å². The standard InChI is InChI=1S/C59H70N3O.Pt/c1-35-25-36(2)53(37(3)26-35)62-49-34-43(57(10,11)12)33-46(52(49)61-54(62)44-21-19-20-22-50(44)63)45-29-40(30-47(58(13,14)15)51(45)59(16,17)18)48-31-38(23-24-60-48)39-27-41(55(4,5)6)32-42(28-39)56(7,8)9;/h19-28,30-34,63H,1-18H3;/q-1;. The molecule has 64 heavy (non-hydrogen) atoms. The van der Waals surface area contributed by atoms with Crippen LogP contribution in [-0.4, -0.2) is 19.6 Å². The zero-order chi connectivity index (χ0) is 46.4. The van der Waals surface area contributed by atoms with Gasteiger partial charge >= 0.3 is 0 Å². The fourth-order valence-electron chi connectivity index (χ4n) is 9.11. The molecule has 0 bridgehead atoms. The number of nitrogens with zero attached hydrogens (tertiary/aromatic N) is 3. The summed E-state index contributed by atoms with van der Waals surface area (Å²) < 4.78 is 2.29. The van der Waals surface area contributed by atoms with Gasteiger partial charge in [0.2, 0.25) is 0 Å². The van der Waals surface area contributed by atoms with Crippen LogP contribution in [0.25, 0.3) is 61.6 Å². The number of pyridine rings is 1. The largest absolute Gasteiger partial charge is 0.507 e. The third kappa shape index (κ3) is 9.46. The van der Waals surface area contributed by atoms with Crippen LogP contribution >= 0.6 is 0 Å². The van der Waals surface area contributed by atoms with Gasteiger partial charge in [0.1, 0.15) is 11.6 Å². The third-order valence-electron chi connectivity index (χ3n) is 12.6. The number of hydrogen-bond acceptors (Lipinski definition) is 3. The molecule has 1 N–H and O–H groups in total. The van der Waals surface area contributed by atoms with Gasteiger partial charge in [-0.3, -0.25) is 9.55 Å². The van der Waals surface area contributed by atoms with Crippen molar-refractivity contribution in [2.24, 2.45) is 0 Å². The molecular formula is C59H70N3OPt-. The Hall–Kier alpha value is -4.79. The average molecular weight is 1030 g/mol. The van der Waals surface area contributed by atoms with E-state index < -0.39 is 0 Å². The number of phenols is 1. The predicted molar refractivity (Wildman–Crippen MR) is 269 cm³/mol. The van der Waals surface area contributed by atoms with E-state index >= 15 is 0 Å². The first-order valence-electron chi connectivity index (χ1n) is 22.7. The van der Waals surface area contributed by atoms with Gasteiger partial charge in [-0.2, -0.15) is 0 Å². The van der Waals surface area contributed by atoms with E-state index in [1.165, 1.54) is 38.9 Å². The quantitative estimate of drug-likeness (QED) is 0.175. The Labute approximate surface area is 399 Å². The van der Waals surface area contributed by atoms with Gasteiger partial charge < -0.3 is 5.11 Å². The summed E-state index contributed by atoms with van der Waals surface area (Å²) in [7, 11) is 0. The van der Waals surface area contributed by atoms with Crippen molar-refractivity contribution in [1.29, 1.82) is 0 Å². The van der Waals surface area contributed by atoms with Gasteiger partial charge in [-0.25, -0.2) is 4.98 Å². The molecule has 0 radical (unpaired) electrons. The number of rotatable bonds is 5. The van der Waals surface area contributed by atoms with Crippen molar-refractivity contribution in [3.63, 3.8) is 0 Å². The first-order chi connectivity index (χ1) is 29.0. The summed E-state index contributed by atoms with van der Waals surface area (Å²) in [4.78, 5) is 10.7. The van der Waals surface area contributed by atoms with Gasteiger partial charge in [-0.1, -0.05) is 175 Å². The minimum Gasteiger partial charge on any atom is -0.507 e. The number of hydrogen-bond donors (Lipinski definition) is 1. The second kappa shape index (κ2) is 16.9. The Bertz CT molecular complexity index is 2840. The second-order valence-electron chi connectivity index (χ2n) is 23.3. The SMILES string of the molecule is Cc1cc(C)c(-n2c(-c3ccccc3O)nc3c(-c4[c-]c(-c5cc(-c6cc(C(C)(C)C)cc(C(C)(C)C)c6)ccn5)cc(C(C)(C)C)c4C(C)(C)C)cc(C(C)(C)C)cc32)c(C)c1.[Pt]. The summed E-state index contributed by atoms with van der Waals surface area (Å²) >= 11 is 0. The van der Waals surface area contributed by atoms with Crippen LogP contribution in [0.5, 0.6) is 5.75 Å². The number of imidazole rings is 1. The summed E-state index contributed by atoms with van der Waals surface area (Å²) in [5.41, 5.74) is 19.0. The predicted octanol–water partition coefficient (Wildman–Crippen LogP) is 16.0. The molecule has 0 saturated carbocycles. The van der Waals surface area contributed by atoms with Crippen LogP contribution in [0.4, 0.5) is 0 Å². The normalized spacial score (nSPS) is 12.8. The molecule has 0 aliphatic rings. The molecule has 7 rings (SSSR count). The average Bonchev–Trinajstić information content (AvgIpc) is 3.53. The number of benzene rings is 5. The van der Waals surface area contributed by atoms with E-state index in [1.807, 2.05) is 24.4 Å². The minimum absolute atomic E-state index is 0. The van der Waals surface area contributed by atoms with E-state index in [-0.39, 0.29) is 53.9 Å². The number of phenolic OH excluding ortho intramolecular Hbond substituents is 1. The first kappa shape index (κ1) is 48.7. The van der Waals surface area contributed by atoms with Crippen LogP contribution in [0.1, 0.15) is 148 Å². The maximum atomic E-state index is 11.5. The number of para-hydroxylation sites is 1. The molecule has 0 unspecified atom stereocenters. The van der Waals surface area contributed by atoms with Gasteiger partial charge in [-0.15, -0.1) is 28.8 Å². The van der Waals surface area contributed by atoms with E-state index in [0.717, 1.165) is 55.8 Å². The van der Waals surface area contributed by atoms with E-state index in [9.17, 15) is 5.11 Å². The topological polar surface area (TPSA) is 50.9 Å². The Morgan fingerprint density at radius 3 is 1.66 bits per heavy atom. The van der Waals surface area contributed by atoms with Crippen LogP contribution < -0.4 is 0 Å². The zero-order valence-corrected chi connectivity index (χ0v) is 44.0. The smallest absolute Gasteiger partial charge is 0.148 e. The summed E-state index contributed by atoms with van der Waals surface area (Å²) in [5, 5.41) is 11.5. The van der Waals surface area contributed by atoms with E-state index in [0.29, 0.717) is 11.4 Å². The number of aromatic nitrogens is 3. The van der Waals surface area contributed by atoms with Crippen molar-refractivity contribution in [3.8, 4) is 56.3 Å².